The Morgan fingerprint density at radius 1 is 1.00 bits per heavy atom. The Labute approximate surface area is 140 Å². The molecule has 0 bridgehead atoms. The van der Waals surface area contributed by atoms with Gasteiger partial charge in [-0.2, -0.15) is 0 Å². The van der Waals surface area contributed by atoms with Crippen LogP contribution >= 0.6 is 0 Å². The predicted molar refractivity (Wildman–Crippen MR) is 90.2 cm³/mol. The first-order chi connectivity index (χ1) is 10.8. The van der Waals surface area contributed by atoms with Gasteiger partial charge in [-0.15, -0.1) is 0 Å². The van der Waals surface area contributed by atoms with Gasteiger partial charge < -0.3 is 9.64 Å². The fourth-order valence-corrected chi connectivity index (χ4v) is 3.62. The lowest BCUT2D eigenvalue weighted by molar-refractivity contribution is -0.137. The smallest absolute Gasteiger partial charge is 0.410 e. The van der Waals surface area contributed by atoms with Crippen LogP contribution in [0.25, 0.3) is 0 Å². The monoisotopic (exact) mass is 324 g/mol. The topological polar surface area (TPSA) is 49.9 Å². The Bertz CT molecular complexity index is 422. The molecule has 5 heteroatoms. The number of nitrogens with zero attached hydrogens (tertiary/aromatic N) is 2. The molecule has 1 heterocycles. The maximum atomic E-state index is 12.9. The van der Waals surface area contributed by atoms with Crippen LogP contribution in [0.2, 0.25) is 0 Å². The largest absolute Gasteiger partial charge is 0.444 e. The summed E-state index contributed by atoms with van der Waals surface area (Å²) in [5.41, 5.74) is -0.527. The molecule has 1 unspecified atom stereocenters. The van der Waals surface area contributed by atoms with Crippen LogP contribution < -0.4 is 0 Å². The number of likely N-dealkylation sites (N-methyl/N-ethyl adjacent to an activating group) is 1. The number of rotatable bonds is 2. The molecule has 1 aliphatic heterocycles. The van der Waals surface area contributed by atoms with E-state index in [1.807, 2.05) is 32.7 Å². The molecule has 1 aliphatic carbocycles. The van der Waals surface area contributed by atoms with E-state index >= 15 is 0 Å². The standard InChI is InChI=1S/C18H32N2O3/c1-18(2,3)23-17(22)20-13-9-12-15(20)16(21)19(4)14-10-7-5-6-8-11-14/h14-15H,5-13H2,1-4H3. The molecular weight excluding hydrogens is 292 g/mol. The highest BCUT2D eigenvalue weighted by molar-refractivity contribution is 5.86. The van der Waals surface area contributed by atoms with Crippen LogP contribution in [0.4, 0.5) is 4.79 Å². The van der Waals surface area contributed by atoms with Crippen molar-refractivity contribution in [1.82, 2.24) is 9.80 Å². The van der Waals surface area contributed by atoms with Gasteiger partial charge >= 0.3 is 6.09 Å². The number of amides is 2. The van der Waals surface area contributed by atoms with E-state index in [0.717, 1.165) is 25.7 Å². The summed E-state index contributed by atoms with van der Waals surface area (Å²) in [6, 6.07) is -0.0239. The second-order valence-corrected chi connectivity index (χ2v) is 7.93. The molecule has 1 atom stereocenters. The molecule has 2 rings (SSSR count). The van der Waals surface area contributed by atoms with E-state index in [1.165, 1.54) is 25.7 Å². The zero-order valence-corrected chi connectivity index (χ0v) is 15.1. The number of carbonyl (C=O) groups is 2. The first kappa shape index (κ1) is 18.1. The zero-order chi connectivity index (χ0) is 17.0. The van der Waals surface area contributed by atoms with Crippen molar-refractivity contribution in [2.24, 2.45) is 0 Å². The van der Waals surface area contributed by atoms with Crippen molar-refractivity contribution >= 4 is 12.0 Å². The lowest BCUT2D eigenvalue weighted by atomic mass is 10.1. The fraction of sp³-hybridized carbons (Fsp3) is 0.889. The van der Waals surface area contributed by atoms with Crippen molar-refractivity contribution in [3.63, 3.8) is 0 Å². The van der Waals surface area contributed by atoms with E-state index in [1.54, 1.807) is 4.90 Å². The van der Waals surface area contributed by atoms with Crippen molar-refractivity contribution in [3.05, 3.63) is 0 Å². The van der Waals surface area contributed by atoms with Crippen LogP contribution in [-0.4, -0.2) is 53.1 Å². The molecule has 0 spiro atoms. The third kappa shape index (κ3) is 4.85. The minimum atomic E-state index is -0.527. The summed E-state index contributed by atoms with van der Waals surface area (Å²) in [6.07, 6.45) is 8.36. The van der Waals surface area contributed by atoms with Gasteiger partial charge in [0.15, 0.2) is 0 Å². The Morgan fingerprint density at radius 2 is 1.61 bits per heavy atom. The number of carbonyl (C=O) groups excluding carboxylic acids is 2. The Balaban J connectivity index is 2.00. The minimum Gasteiger partial charge on any atom is -0.444 e. The quantitative estimate of drug-likeness (QED) is 0.730. The third-order valence-electron chi connectivity index (χ3n) is 4.89. The average molecular weight is 324 g/mol. The van der Waals surface area contributed by atoms with Gasteiger partial charge in [0.05, 0.1) is 0 Å². The van der Waals surface area contributed by atoms with Gasteiger partial charge in [0, 0.05) is 19.6 Å². The summed E-state index contributed by atoms with van der Waals surface area (Å²) >= 11 is 0. The van der Waals surface area contributed by atoms with Gasteiger partial charge in [0.2, 0.25) is 5.91 Å². The van der Waals surface area contributed by atoms with Crippen LogP contribution in [-0.2, 0) is 9.53 Å². The highest BCUT2D eigenvalue weighted by Gasteiger charge is 2.39. The second kappa shape index (κ2) is 7.54. The normalized spacial score (nSPS) is 23.5. The van der Waals surface area contributed by atoms with Gasteiger partial charge in [-0.25, -0.2) is 4.79 Å². The molecule has 1 saturated heterocycles. The van der Waals surface area contributed by atoms with E-state index in [4.69, 9.17) is 4.74 Å². The highest BCUT2D eigenvalue weighted by Crippen LogP contribution is 2.26. The van der Waals surface area contributed by atoms with E-state index < -0.39 is 5.60 Å². The number of hydrogen-bond acceptors (Lipinski definition) is 3. The van der Waals surface area contributed by atoms with Crippen molar-refractivity contribution in [1.29, 1.82) is 0 Å². The molecule has 132 valence electrons. The van der Waals surface area contributed by atoms with Crippen LogP contribution in [0.1, 0.15) is 72.1 Å². The summed E-state index contributed by atoms with van der Waals surface area (Å²) in [5, 5.41) is 0. The van der Waals surface area contributed by atoms with Gasteiger partial charge in [-0.1, -0.05) is 25.7 Å². The molecule has 1 saturated carbocycles. The van der Waals surface area contributed by atoms with Crippen LogP contribution in [0.15, 0.2) is 0 Å². The maximum Gasteiger partial charge on any atom is 0.410 e. The second-order valence-electron chi connectivity index (χ2n) is 7.93. The first-order valence-corrected chi connectivity index (χ1v) is 9.06. The Kier molecular flexibility index (Phi) is 5.93. The van der Waals surface area contributed by atoms with Gasteiger partial charge in [-0.3, -0.25) is 9.69 Å². The molecule has 2 amide bonds. The summed E-state index contributed by atoms with van der Waals surface area (Å²) < 4.78 is 5.46. The molecular formula is C18H32N2O3. The summed E-state index contributed by atoms with van der Waals surface area (Å²) in [6.45, 7) is 6.18. The summed E-state index contributed by atoms with van der Waals surface area (Å²) in [7, 11) is 1.91. The van der Waals surface area contributed by atoms with E-state index in [9.17, 15) is 9.59 Å². The SMILES string of the molecule is CN(C(=O)C1CCCN1C(=O)OC(C)(C)C)C1CCCCCC1. The van der Waals surface area contributed by atoms with Crippen LogP contribution in [0.5, 0.6) is 0 Å². The fourth-order valence-electron chi connectivity index (χ4n) is 3.62. The molecule has 0 aromatic heterocycles. The lowest BCUT2D eigenvalue weighted by Gasteiger charge is -2.33. The number of ether oxygens (including phenoxy) is 1. The maximum absolute atomic E-state index is 12.9. The van der Waals surface area contributed by atoms with E-state index in [2.05, 4.69) is 0 Å². The van der Waals surface area contributed by atoms with Crippen molar-refractivity contribution in [2.75, 3.05) is 13.6 Å². The van der Waals surface area contributed by atoms with Crippen LogP contribution in [0.3, 0.4) is 0 Å². The number of hydrogen-bond donors (Lipinski definition) is 0. The summed E-state index contributed by atoms with van der Waals surface area (Å²) in [5.74, 6) is 0.0836. The number of likely N-dealkylation sites (tertiary alicyclic amines) is 1. The average Bonchev–Trinajstić information content (AvgIpc) is 2.79. The molecule has 0 radical (unpaired) electrons. The molecule has 2 aliphatic rings. The van der Waals surface area contributed by atoms with Gasteiger partial charge in [0.25, 0.3) is 0 Å². The van der Waals surface area contributed by atoms with Crippen molar-refractivity contribution in [2.45, 2.75) is 89.8 Å². The molecule has 2 fully saturated rings. The van der Waals surface area contributed by atoms with Crippen molar-refractivity contribution < 1.29 is 14.3 Å². The van der Waals surface area contributed by atoms with Crippen molar-refractivity contribution in [3.8, 4) is 0 Å². The van der Waals surface area contributed by atoms with E-state index in [-0.39, 0.29) is 18.0 Å². The van der Waals surface area contributed by atoms with E-state index in [0.29, 0.717) is 12.6 Å². The molecule has 23 heavy (non-hydrogen) atoms. The molecule has 0 aromatic carbocycles. The molecule has 0 aromatic rings. The lowest BCUT2D eigenvalue weighted by Crippen LogP contribution is -2.50. The summed E-state index contributed by atoms with van der Waals surface area (Å²) in [4.78, 5) is 28.8. The molecule has 5 nitrogen and oxygen atoms in total. The Hall–Kier alpha value is -1.26. The minimum absolute atomic E-state index is 0.0836. The predicted octanol–water partition coefficient (Wildman–Crippen LogP) is 3.57. The first-order valence-electron chi connectivity index (χ1n) is 9.06. The highest BCUT2D eigenvalue weighted by atomic mass is 16.6. The molecule has 0 N–H and O–H groups in total. The van der Waals surface area contributed by atoms with Crippen LogP contribution in [0, 0.1) is 0 Å². The zero-order valence-electron chi connectivity index (χ0n) is 15.1. The Morgan fingerprint density at radius 3 is 2.17 bits per heavy atom. The van der Waals surface area contributed by atoms with Gasteiger partial charge in [0.1, 0.15) is 11.6 Å². The third-order valence-corrected chi connectivity index (χ3v) is 4.89. The van der Waals surface area contributed by atoms with Gasteiger partial charge in [-0.05, 0) is 46.5 Å².